The van der Waals surface area contributed by atoms with Crippen molar-refractivity contribution in [2.24, 2.45) is 0 Å². The first-order valence-corrected chi connectivity index (χ1v) is 7.79. The Balaban J connectivity index is 1.85. The third-order valence-corrected chi connectivity index (χ3v) is 2.98. The van der Waals surface area contributed by atoms with Crippen LogP contribution in [0.4, 0.5) is 0 Å². The summed E-state index contributed by atoms with van der Waals surface area (Å²) in [7, 11) is 0. The maximum absolute atomic E-state index is 11.7. The molecular weight excluding hydrogens is 300 g/mol. The summed E-state index contributed by atoms with van der Waals surface area (Å²) in [6, 6.07) is 8.93. The molecule has 0 radical (unpaired) electrons. The highest BCUT2D eigenvalue weighted by molar-refractivity contribution is 5.89. The van der Waals surface area contributed by atoms with Gasteiger partial charge in [0.1, 0.15) is 6.61 Å². The average Bonchev–Trinajstić information content (AvgIpc) is 2.56. The molecule has 1 rings (SSSR count). The number of rotatable bonds is 13. The fraction of sp³-hybridized carbons (Fsp3) is 0.529. The van der Waals surface area contributed by atoms with Crippen molar-refractivity contribution in [1.29, 1.82) is 0 Å². The second kappa shape index (κ2) is 12.6. The van der Waals surface area contributed by atoms with Crippen LogP contribution in [0.3, 0.4) is 0 Å². The van der Waals surface area contributed by atoms with Crippen molar-refractivity contribution in [3.63, 3.8) is 0 Å². The number of benzene rings is 1. The summed E-state index contributed by atoms with van der Waals surface area (Å²) in [6.45, 7) is 1.74. The molecule has 0 aromatic heterocycles. The Morgan fingerprint density at radius 3 is 2.22 bits per heavy atom. The van der Waals surface area contributed by atoms with E-state index in [1.54, 1.807) is 24.3 Å². The van der Waals surface area contributed by atoms with Crippen LogP contribution in [0.15, 0.2) is 30.3 Å². The molecule has 0 heterocycles. The molecule has 23 heavy (non-hydrogen) atoms. The first kappa shape index (κ1) is 19.1. The van der Waals surface area contributed by atoms with Crippen LogP contribution in [0.2, 0.25) is 0 Å². The fourth-order valence-corrected chi connectivity index (χ4v) is 1.83. The Bertz CT molecular complexity index is 446. The van der Waals surface area contributed by atoms with E-state index >= 15 is 0 Å². The molecule has 6 nitrogen and oxygen atoms in total. The normalized spacial score (nSPS) is 10.4. The SMILES string of the molecule is O=C(O)COCCCOCCCCCOC(=O)c1ccccc1. The second-order valence-corrected chi connectivity index (χ2v) is 4.97. The summed E-state index contributed by atoms with van der Waals surface area (Å²) in [6.07, 6.45) is 3.32. The van der Waals surface area contributed by atoms with Gasteiger partial charge in [0.05, 0.1) is 12.2 Å². The lowest BCUT2D eigenvalue weighted by atomic mass is 10.2. The van der Waals surface area contributed by atoms with Crippen molar-refractivity contribution >= 4 is 11.9 Å². The van der Waals surface area contributed by atoms with Crippen LogP contribution in [0, 0.1) is 0 Å². The van der Waals surface area contributed by atoms with Crippen LogP contribution < -0.4 is 0 Å². The van der Waals surface area contributed by atoms with Gasteiger partial charge in [-0.15, -0.1) is 0 Å². The van der Waals surface area contributed by atoms with E-state index in [1.165, 1.54) is 0 Å². The molecule has 128 valence electrons. The highest BCUT2D eigenvalue weighted by Crippen LogP contribution is 2.03. The maximum atomic E-state index is 11.7. The molecule has 0 aliphatic carbocycles. The number of aliphatic carboxylic acids is 1. The summed E-state index contributed by atoms with van der Waals surface area (Å²) in [5, 5.41) is 8.37. The predicted octanol–water partition coefficient (Wildman–Crippen LogP) is 2.52. The van der Waals surface area contributed by atoms with Gasteiger partial charge in [-0.05, 0) is 37.8 Å². The van der Waals surface area contributed by atoms with Gasteiger partial charge in [0.25, 0.3) is 0 Å². The molecule has 1 N–H and O–H groups in total. The maximum Gasteiger partial charge on any atom is 0.338 e. The number of ether oxygens (including phenoxy) is 3. The topological polar surface area (TPSA) is 82.1 Å². The highest BCUT2D eigenvalue weighted by atomic mass is 16.5. The number of hydrogen-bond acceptors (Lipinski definition) is 5. The van der Waals surface area contributed by atoms with Crippen molar-refractivity contribution in [3.05, 3.63) is 35.9 Å². The van der Waals surface area contributed by atoms with Crippen LogP contribution in [0.5, 0.6) is 0 Å². The number of carboxylic acid groups (broad SMARTS) is 1. The zero-order valence-electron chi connectivity index (χ0n) is 13.2. The summed E-state index contributed by atoms with van der Waals surface area (Å²) < 4.78 is 15.5. The lowest BCUT2D eigenvalue weighted by molar-refractivity contribution is -0.142. The molecular formula is C17H24O6. The summed E-state index contributed by atoms with van der Waals surface area (Å²) in [4.78, 5) is 21.8. The second-order valence-electron chi connectivity index (χ2n) is 4.97. The molecule has 0 saturated carbocycles. The number of carboxylic acids is 1. The Kier molecular flexibility index (Phi) is 10.5. The molecule has 0 aliphatic rings. The number of esters is 1. The molecule has 6 heteroatoms. The van der Waals surface area contributed by atoms with E-state index in [2.05, 4.69) is 0 Å². The van der Waals surface area contributed by atoms with E-state index in [9.17, 15) is 9.59 Å². The Morgan fingerprint density at radius 2 is 1.48 bits per heavy atom. The largest absolute Gasteiger partial charge is 0.480 e. The van der Waals surface area contributed by atoms with Crippen LogP contribution in [0.1, 0.15) is 36.0 Å². The van der Waals surface area contributed by atoms with Crippen molar-refractivity contribution in [2.75, 3.05) is 33.0 Å². The summed E-state index contributed by atoms with van der Waals surface area (Å²) >= 11 is 0. The number of carbonyl (C=O) groups is 2. The molecule has 0 bridgehead atoms. The Hall–Kier alpha value is -1.92. The van der Waals surface area contributed by atoms with Gasteiger partial charge in [-0.3, -0.25) is 0 Å². The molecule has 1 aromatic carbocycles. The Morgan fingerprint density at radius 1 is 0.826 bits per heavy atom. The lowest BCUT2D eigenvalue weighted by Crippen LogP contribution is -2.09. The Labute approximate surface area is 136 Å². The standard InChI is InChI=1S/C17H24O6/c18-16(19)14-22-12-7-11-21-10-5-2-6-13-23-17(20)15-8-3-1-4-9-15/h1,3-4,8-9H,2,5-7,10-14H2,(H,18,19). The number of carbonyl (C=O) groups excluding carboxylic acids is 1. The van der Waals surface area contributed by atoms with Gasteiger partial charge in [0, 0.05) is 19.8 Å². The van der Waals surface area contributed by atoms with Gasteiger partial charge in [-0.25, -0.2) is 9.59 Å². The minimum absolute atomic E-state index is 0.262. The van der Waals surface area contributed by atoms with Crippen molar-refractivity contribution < 1.29 is 28.9 Å². The van der Waals surface area contributed by atoms with E-state index < -0.39 is 5.97 Å². The van der Waals surface area contributed by atoms with E-state index in [4.69, 9.17) is 19.3 Å². The average molecular weight is 324 g/mol. The van der Waals surface area contributed by atoms with E-state index in [0.717, 1.165) is 19.3 Å². The van der Waals surface area contributed by atoms with Crippen molar-refractivity contribution in [1.82, 2.24) is 0 Å². The summed E-state index contributed by atoms with van der Waals surface area (Å²) in [5.41, 5.74) is 0.570. The first-order chi connectivity index (χ1) is 11.2. The minimum atomic E-state index is -0.959. The van der Waals surface area contributed by atoms with E-state index in [1.807, 2.05) is 6.07 Å². The monoisotopic (exact) mass is 324 g/mol. The van der Waals surface area contributed by atoms with Gasteiger partial charge < -0.3 is 19.3 Å². The molecule has 0 aliphatic heterocycles. The van der Waals surface area contributed by atoms with Crippen LogP contribution in [-0.4, -0.2) is 50.1 Å². The number of hydrogen-bond donors (Lipinski definition) is 1. The van der Waals surface area contributed by atoms with Crippen LogP contribution in [0.25, 0.3) is 0 Å². The fourth-order valence-electron chi connectivity index (χ4n) is 1.83. The lowest BCUT2D eigenvalue weighted by Gasteiger charge is -2.06. The molecule has 0 atom stereocenters. The zero-order chi connectivity index (χ0) is 16.8. The molecule has 0 amide bonds. The van der Waals surface area contributed by atoms with E-state index in [-0.39, 0.29) is 12.6 Å². The highest BCUT2D eigenvalue weighted by Gasteiger charge is 2.04. The van der Waals surface area contributed by atoms with Gasteiger partial charge in [-0.2, -0.15) is 0 Å². The molecule has 1 aromatic rings. The minimum Gasteiger partial charge on any atom is -0.480 e. The van der Waals surface area contributed by atoms with Gasteiger partial charge in [0.15, 0.2) is 0 Å². The smallest absolute Gasteiger partial charge is 0.338 e. The molecule has 0 unspecified atom stereocenters. The van der Waals surface area contributed by atoms with Crippen LogP contribution in [-0.2, 0) is 19.0 Å². The molecule has 0 saturated heterocycles. The quantitative estimate of drug-likeness (QED) is 0.443. The van der Waals surface area contributed by atoms with Gasteiger partial charge in [0.2, 0.25) is 0 Å². The third kappa shape index (κ3) is 10.4. The molecule has 0 fully saturated rings. The summed E-state index contributed by atoms with van der Waals surface area (Å²) in [5.74, 6) is -1.25. The van der Waals surface area contributed by atoms with Gasteiger partial charge >= 0.3 is 11.9 Å². The first-order valence-electron chi connectivity index (χ1n) is 7.79. The molecule has 0 spiro atoms. The van der Waals surface area contributed by atoms with Gasteiger partial charge in [-0.1, -0.05) is 18.2 Å². The number of unbranched alkanes of at least 4 members (excludes halogenated alkanes) is 2. The predicted molar refractivity (Wildman–Crippen MR) is 84.5 cm³/mol. The van der Waals surface area contributed by atoms with Crippen molar-refractivity contribution in [2.45, 2.75) is 25.7 Å². The van der Waals surface area contributed by atoms with Crippen molar-refractivity contribution in [3.8, 4) is 0 Å². The van der Waals surface area contributed by atoms with E-state index in [0.29, 0.717) is 38.4 Å². The zero-order valence-corrected chi connectivity index (χ0v) is 13.2. The van der Waals surface area contributed by atoms with Crippen LogP contribution >= 0.6 is 0 Å². The third-order valence-electron chi connectivity index (χ3n) is 2.98.